The fraction of sp³-hybridized carbons (Fsp3) is 0.750. The van der Waals surface area contributed by atoms with Crippen LogP contribution in [0.1, 0.15) is 28.5 Å². The molecule has 0 aliphatic rings. The van der Waals surface area contributed by atoms with Gasteiger partial charge in [0.1, 0.15) is 0 Å². The fourth-order valence-electron chi connectivity index (χ4n) is 0.898. The standard InChI is InChI=1S/C8H15NO4.2Na.2H/c10-7(11)4-2-1-3-5-9-6-8(12)13;;;;/h9H,1-6H2,(H,10,11)(H,12,13);;;;/q;2*+1;2*-1. The predicted molar refractivity (Wildman–Crippen MR) is 48.8 cm³/mol. The minimum Gasteiger partial charge on any atom is -1.00 e. The van der Waals surface area contributed by atoms with Crippen LogP contribution in [0.15, 0.2) is 0 Å². The molecule has 0 aliphatic carbocycles. The van der Waals surface area contributed by atoms with E-state index >= 15 is 0 Å². The number of aliphatic carboxylic acids is 2. The van der Waals surface area contributed by atoms with E-state index in [1.807, 2.05) is 0 Å². The van der Waals surface area contributed by atoms with Gasteiger partial charge in [-0.15, -0.1) is 0 Å². The van der Waals surface area contributed by atoms with E-state index < -0.39 is 11.9 Å². The van der Waals surface area contributed by atoms with Gasteiger partial charge in [-0.2, -0.15) is 0 Å². The van der Waals surface area contributed by atoms with Gasteiger partial charge in [0.15, 0.2) is 0 Å². The second-order valence-corrected chi connectivity index (χ2v) is 2.77. The van der Waals surface area contributed by atoms with Crippen LogP contribution < -0.4 is 64.4 Å². The van der Waals surface area contributed by atoms with Gasteiger partial charge in [0, 0.05) is 6.42 Å². The summed E-state index contributed by atoms with van der Waals surface area (Å²) < 4.78 is 0. The Kier molecular flexibility index (Phi) is 21.1. The molecule has 0 atom stereocenters. The average molecular weight is 237 g/mol. The molecule has 0 aliphatic heterocycles. The maximum absolute atomic E-state index is 10.1. The van der Waals surface area contributed by atoms with Crippen molar-refractivity contribution < 1.29 is 81.8 Å². The molecule has 0 unspecified atom stereocenters. The zero-order valence-electron chi connectivity index (χ0n) is 11.5. The monoisotopic (exact) mass is 237 g/mol. The Morgan fingerprint density at radius 3 is 2.07 bits per heavy atom. The molecule has 0 bridgehead atoms. The molecule has 0 rings (SSSR count). The molecular weight excluding hydrogens is 220 g/mol. The van der Waals surface area contributed by atoms with E-state index in [4.69, 9.17) is 10.2 Å². The minimum atomic E-state index is -0.870. The third-order valence-electron chi connectivity index (χ3n) is 1.52. The normalized spacial score (nSPS) is 8.53. The molecule has 0 aromatic rings. The third-order valence-corrected chi connectivity index (χ3v) is 1.52. The van der Waals surface area contributed by atoms with Crippen molar-refractivity contribution in [3.8, 4) is 0 Å². The van der Waals surface area contributed by atoms with Crippen LogP contribution in [0.5, 0.6) is 0 Å². The van der Waals surface area contributed by atoms with E-state index in [1.165, 1.54) is 0 Å². The number of rotatable bonds is 8. The van der Waals surface area contributed by atoms with Gasteiger partial charge in [-0.3, -0.25) is 9.59 Å². The van der Waals surface area contributed by atoms with Crippen molar-refractivity contribution in [3.63, 3.8) is 0 Å². The Labute approximate surface area is 137 Å². The molecule has 0 saturated heterocycles. The number of carboxylic acids is 2. The first-order valence-electron chi connectivity index (χ1n) is 4.27. The van der Waals surface area contributed by atoms with E-state index in [-0.39, 0.29) is 74.9 Å². The molecule has 3 N–H and O–H groups in total. The molecule has 15 heavy (non-hydrogen) atoms. The summed E-state index contributed by atoms with van der Waals surface area (Å²) in [6.07, 6.45) is 2.49. The smallest absolute Gasteiger partial charge is 1.00 e. The zero-order valence-corrected chi connectivity index (χ0v) is 13.5. The second kappa shape index (κ2) is 14.9. The number of nitrogens with one attached hydrogen (secondary N) is 1. The topological polar surface area (TPSA) is 86.6 Å². The third kappa shape index (κ3) is 20.9. The molecule has 0 heterocycles. The van der Waals surface area contributed by atoms with E-state index in [1.54, 1.807) is 0 Å². The van der Waals surface area contributed by atoms with Crippen molar-refractivity contribution >= 4 is 11.9 Å². The molecule has 7 heteroatoms. The number of carbonyl (C=O) groups is 2. The Morgan fingerprint density at radius 2 is 1.60 bits per heavy atom. The van der Waals surface area contributed by atoms with Crippen molar-refractivity contribution in [1.29, 1.82) is 0 Å². The quantitative estimate of drug-likeness (QED) is 0.290. The Hall–Kier alpha value is 0.900. The van der Waals surface area contributed by atoms with E-state index in [0.717, 1.165) is 12.8 Å². The number of carboxylic acid groups (broad SMARTS) is 2. The van der Waals surface area contributed by atoms with Crippen LogP contribution in [0.3, 0.4) is 0 Å². The van der Waals surface area contributed by atoms with Crippen LogP contribution in [0.25, 0.3) is 0 Å². The second-order valence-electron chi connectivity index (χ2n) is 2.77. The molecule has 0 aromatic heterocycles. The molecule has 0 fully saturated rings. The fourth-order valence-corrected chi connectivity index (χ4v) is 0.898. The van der Waals surface area contributed by atoms with E-state index in [9.17, 15) is 9.59 Å². The minimum absolute atomic E-state index is 0. The van der Waals surface area contributed by atoms with Crippen LogP contribution >= 0.6 is 0 Å². The maximum Gasteiger partial charge on any atom is 1.00 e. The average Bonchev–Trinajstić information content (AvgIpc) is 2.01. The summed E-state index contributed by atoms with van der Waals surface area (Å²) in [5.74, 6) is -1.65. The first-order chi connectivity index (χ1) is 6.13. The van der Waals surface area contributed by atoms with Crippen molar-refractivity contribution in [2.24, 2.45) is 0 Å². The van der Waals surface area contributed by atoms with E-state index in [0.29, 0.717) is 13.0 Å². The summed E-state index contributed by atoms with van der Waals surface area (Å²) in [5.41, 5.74) is 0. The summed E-state index contributed by atoms with van der Waals surface area (Å²) in [7, 11) is 0. The first kappa shape index (κ1) is 21.2. The Balaban J connectivity index is -0.000000120. The van der Waals surface area contributed by atoms with Gasteiger partial charge >= 0.3 is 71.1 Å². The summed E-state index contributed by atoms with van der Waals surface area (Å²) in [6, 6.07) is 0. The van der Waals surface area contributed by atoms with Crippen LogP contribution in [-0.2, 0) is 9.59 Å². The molecular formula is C8H17NNa2O4. The summed E-state index contributed by atoms with van der Waals surface area (Å²) in [5, 5.41) is 19.3. The van der Waals surface area contributed by atoms with Gasteiger partial charge in [0.05, 0.1) is 6.54 Å². The predicted octanol–water partition coefficient (Wildman–Crippen LogP) is -5.46. The molecule has 0 spiro atoms. The molecule has 5 nitrogen and oxygen atoms in total. The summed E-state index contributed by atoms with van der Waals surface area (Å²) in [4.78, 5) is 20.1. The van der Waals surface area contributed by atoms with Crippen LogP contribution in [0, 0.1) is 0 Å². The van der Waals surface area contributed by atoms with Crippen molar-refractivity contribution in [3.05, 3.63) is 0 Å². The first-order valence-corrected chi connectivity index (χ1v) is 4.27. The molecule has 80 valence electrons. The van der Waals surface area contributed by atoms with Gasteiger partial charge in [0.25, 0.3) is 0 Å². The molecule has 0 amide bonds. The summed E-state index contributed by atoms with van der Waals surface area (Å²) in [6.45, 7) is 0.602. The molecule has 0 aromatic carbocycles. The van der Waals surface area contributed by atoms with Crippen LogP contribution in [-0.4, -0.2) is 35.2 Å². The van der Waals surface area contributed by atoms with Gasteiger partial charge in [-0.05, 0) is 19.4 Å². The van der Waals surface area contributed by atoms with Gasteiger partial charge in [-0.1, -0.05) is 6.42 Å². The molecule has 0 saturated carbocycles. The maximum atomic E-state index is 10.1. The van der Waals surface area contributed by atoms with Crippen LogP contribution in [0.4, 0.5) is 0 Å². The summed E-state index contributed by atoms with van der Waals surface area (Å²) >= 11 is 0. The SMILES string of the molecule is O=C(O)CCCCCNCC(=O)O.[H-].[H-].[Na+].[Na+]. The zero-order chi connectivity index (χ0) is 10.1. The van der Waals surface area contributed by atoms with Gasteiger partial charge in [0.2, 0.25) is 0 Å². The largest absolute Gasteiger partial charge is 1.00 e. The Bertz CT molecular complexity index is 169. The number of hydrogen-bond donors (Lipinski definition) is 3. The van der Waals surface area contributed by atoms with Gasteiger partial charge < -0.3 is 18.4 Å². The van der Waals surface area contributed by atoms with Crippen molar-refractivity contribution in [2.45, 2.75) is 25.7 Å². The Morgan fingerprint density at radius 1 is 1.00 bits per heavy atom. The van der Waals surface area contributed by atoms with E-state index in [2.05, 4.69) is 5.32 Å². The van der Waals surface area contributed by atoms with Gasteiger partial charge in [-0.25, -0.2) is 0 Å². The van der Waals surface area contributed by atoms with Crippen LogP contribution in [0.2, 0.25) is 0 Å². The number of unbranched alkanes of at least 4 members (excludes halogenated alkanes) is 2. The van der Waals surface area contributed by atoms with Crippen molar-refractivity contribution in [2.75, 3.05) is 13.1 Å². The number of hydrogen-bond acceptors (Lipinski definition) is 3. The van der Waals surface area contributed by atoms with Crippen molar-refractivity contribution in [1.82, 2.24) is 5.32 Å². The molecule has 0 radical (unpaired) electrons.